The zero-order chi connectivity index (χ0) is 14.5. The Hall–Kier alpha value is -1.46. The van der Waals surface area contributed by atoms with Gasteiger partial charge in [0.1, 0.15) is 5.82 Å². The average molecular weight is 279 g/mol. The fourth-order valence-corrected chi connectivity index (χ4v) is 2.69. The van der Waals surface area contributed by atoms with Crippen LogP contribution >= 0.6 is 0 Å². The number of hydrogen-bond donors (Lipinski definition) is 2. The number of primary amides is 1. The van der Waals surface area contributed by atoms with Crippen LogP contribution in [-0.2, 0) is 6.54 Å². The van der Waals surface area contributed by atoms with Gasteiger partial charge < -0.3 is 16.0 Å². The van der Waals surface area contributed by atoms with E-state index >= 15 is 0 Å². The first-order valence-electron chi connectivity index (χ1n) is 7.03. The van der Waals surface area contributed by atoms with E-state index < -0.39 is 5.91 Å². The summed E-state index contributed by atoms with van der Waals surface area (Å²) >= 11 is 0. The SMILES string of the molecule is CN(Cc1ccc(C(N)=O)cc1F)CC1CCNCC1. The number of benzene rings is 1. The Bertz CT molecular complexity index is 472. The molecule has 1 aliphatic heterocycles. The molecule has 0 saturated carbocycles. The molecule has 0 aliphatic carbocycles. The number of hydrogen-bond acceptors (Lipinski definition) is 3. The first kappa shape index (κ1) is 14.9. The average Bonchev–Trinajstić information content (AvgIpc) is 2.42. The van der Waals surface area contributed by atoms with Gasteiger partial charge in [-0.25, -0.2) is 4.39 Å². The van der Waals surface area contributed by atoms with E-state index in [1.807, 2.05) is 7.05 Å². The lowest BCUT2D eigenvalue weighted by Gasteiger charge is -2.27. The zero-order valence-corrected chi connectivity index (χ0v) is 11.9. The lowest BCUT2D eigenvalue weighted by molar-refractivity contribution is 0.1000. The van der Waals surface area contributed by atoms with Gasteiger partial charge in [0.15, 0.2) is 0 Å². The van der Waals surface area contributed by atoms with Crippen LogP contribution in [0, 0.1) is 11.7 Å². The Morgan fingerprint density at radius 1 is 1.45 bits per heavy atom. The second-order valence-electron chi connectivity index (χ2n) is 5.56. The van der Waals surface area contributed by atoms with Crippen molar-refractivity contribution in [1.82, 2.24) is 10.2 Å². The molecular formula is C15H22FN3O. The number of halogens is 1. The van der Waals surface area contributed by atoms with E-state index in [1.165, 1.54) is 18.9 Å². The molecule has 5 heteroatoms. The maximum absolute atomic E-state index is 13.9. The van der Waals surface area contributed by atoms with Crippen molar-refractivity contribution in [3.05, 3.63) is 35.1 Å². The van der Waals surface area contributed by atoms with Crippen LogP contribution in [0.15, 0.2) is 18.2 Å². The summed E-state index contributed by atoms with van der Waals surface area (Å²) in [5.74, 6) is -0.286. The summed E-state index contributed by atoms with van der Waals surface area (Å²) in [5.41, 5.74) is 5.95. The van der Waals surface area contributed by atoms with Gasteiger partial charge >= 0.3 is 0 Å². The Morgan fingerprint density at radius 2 is 2.15 bits per heavy atom. The molecule has 1 aromatic carbocycles. The number of rotatable bonds is 5. The van der Waals surface area contributed by atoms with E-state index in [4.69, 9.17) is 5.73 Å². The predicted octanol–water partition coefficient (Wildman–Crippen LogP) is 1.36. The lowest BCUT2D eigenvalue weighted by atomic mass is 9.97. The number of carbonyl (C=O) groups is 1. The van der Waals surface area contributed by atoms with Crippen LogP contribution in [-0.4, -0.2) is 37.5 Å². The van der Waals surface area contributed by atoms with Crippen LogP contribution in [0.5, 0.6) is 0 Å². The molecule has 0 radical (unpaired) electrons. The molecule has 1 heterocycles. The van der Waals surface area contributed by atoms with Crippen molar-refractivity contribution < 1.29 is 9.18 Å². The molecule has 0 atom stereocenters. The molecule has 4 nitrogen and oxygen atoms in total. The van der Waals surface area contributed by atoms with Crippen LogP contribution in [0.4, 0.5) is 4.39 Å². The highest BCUT2D eigenvalue weighted by atomic mass is 19.1. The van der Waals surface area contributed by atoms with Crippen molar-refractivity contribution >= 4 is 5.91 Å². The third-order valence-electron chi connectivity index (χ3n) is 3.81. The highest BCUT2D eigenvalue weighted by molar-refractivity contribution is 5.92. The fourth-order valence-electron chi connectivity index (χ4n) is 2.69. The second kappa shape index (κ2) is 6.81. The van der Waals surface area contributed by atoms with Crippen molar-refractivity contribution in [3.63, 3.8) is 0 Å². The van der Waals surface area contributed by atoms with Crippen LogP contribution in [0.1, 0.15) is 28.8 Å². The number of nitrogens with zero attached hydrogens (tertiary/aromatic N) is 1. The van der Waals surface area contributed by atoms with Crippen molar-refractivity contribution in [1.29, 1.82) is 0 Å². The summed E-state index contributed by atoms with van der Waals surface area (Å²) < 4.78 is 13.9. The van der Waals surface area contributed by atoms with Gasteiger partial charge in [0, 0.05) is 24.2 Å². The summed E-state index contributed by atoms with van der Waals surface area (Å²) in [4.78, 5) is 13.1. The van der Waals surface area contributed by atoms with Crippen LogP contribution < -0.4 is 11.1 Å². The molecule has 2 rings (SSSR count). The van der Waals surface area contributed by atoms with Crippen molar-refractivity contribution in [2.45, 2.75) is 19.4 Å². The topological polar surface area (TPSA) is 58.4 Å². The summed E-state index contributed by atoms with van der Waals surface area (Å²) in [5, 5.41) is 3.34. The maximum atomic E-state index is 13.9. The van der Waals surface area contributed by atoms with Gasteiger partial charge in [-0.3, -0.25) is 4.79 Å². The smallest absolute Gasteiger partial charge is 0.248 e. The molecule has 0 bridgehead atoms. The molecule has 20 heavy (non-hydrogen) atoms. The molecule has 1 aromatic rings. The van der Waals surface area contributed by atoms with E-state index in [1.54, 1.807) is 12.1 Å². The molecule has 0 spiro atoms. The first-order valence-corrected chi connectivity index (χ1v) is 7.03. The van der Waals surface area contributed by atoms with Gasteiger partial charge in [-0.1, -0.05) is 6.07 Å². The normalized spacial score (nSPS) is 16.6. The highest BCUT2D eigenvalue weighted by Gasteiger charge is 2.16. The van der Waals surface area contributed by atoms with E-state index in [-0.39, 0.29) is 11.4 Å². The minimum atomic E-state index is -0.599. The molecule has 0 unspecified atom stereocenters. The monoisotopic (exact) mass is 279 g/mol. The van der Waals surface area contributed by atoms with Crippen molar-refractivity contribution in [2.75, 3.05) is 26.7 Å². The maximum Gasteiger partial charge on any atom is 0.248 e. The molecular weight excluding hydrogens is 257 g/mol. The van der Waals surface area contributed by atoms with Crippen LogP contribution in [0.3, 0.4) is 0 Å². The predicted molar refractivity (Wildman–Crippen MR) is 76.8 cm³/mol. The van der Waals surface area contributed by atoms with E-state index in [2.05, 4.69) is 10.2 Å². The molecule has 1 aliphatic rings. The highest BCUT2D eigenvalue weighted by Crippen LogP contribution is 2.16. The number of amides is 1. The van der Waals surface area contributed by atoms with E-state index in [9.17, 15) is 9.18 Å². The Morgan fingerprint density at radius 3 is 2.75 bits per heavy atom. The Balaban J connectivity index is 1.93. The van der Waals surface area contributed by atoms with Gasteiger partial charge in [-0.15, -0.1) is 0 Å². The van der Waals surface area contributed by atoms with E-state index in [0.717, 1.165) is 19.6 Å². The second-order valence-corrected chi connectivity index (χ2v) is 5.56. The van der Waals surface area contributed by atoms with Gasteiger partial charge in [0.05, 0.1) is 0 Å². The molecule has 3 N–H and O–H groups in total. The van der Waals surface area contributed by atoms with Crippen molar-refractivity contribution in [3.8, 4) is 0 Å². The number of carbonyl (C=O) groups excluding carboxylic acids is 1. The summed E-state index contributed by atoms with van der Waals surface area (Å²) in [6, 6.07) is 4.45. The standard InChI is InChI=1S/C15H22FN3O/c1-19(9-11-4-6-18-7-5-11)10-13-3-2-12(15(17)20)8-14(13)16/h2-3,8,11,18H,4-7,9-10H2,1H3,(H2,17,20). The zero-order valence-electron chi connectivity index (χ0n) is 11.9. The van der Waals surface area contributed by atoms with Crippen molar-refractivity contribution in [2.24, 2.45) is 11.7 Å². The fraction of sp³-hybridized carbons (Fsp3) is 0.533. The van der Waals surface area contributed by atoms with Gasteiger partial charge in [0.25, 0.3) is 0 Å². The molecule has 1 amide bonds. The minimum Gasteiger partial charge on any atom is -0.366 e. The number of nitrogens with one attached hydrogen (secondary N) is 1. The van der Waals surface area contributed by atoms with Crippen LogP contribution in [0.2, 0.25) is 0 Å². The third kappa shape index (κ3) is 4.02. The number of piperidine rings is 1. The van der Waals surface area contributed by atoms with Gasteiger partial charge in [-0.2, -0.15) is 0 Å². The lowest BCUT2D eigenvalue weighted by Crippen LogP contribution is -2.34. The Labute approximate surface area is 119 Å². The largest absolute Gasteiger partial charge is 0.366 e. The number of nitrogens with two attached hydrogens (primary N) is 1. The molecule has 110 valence electrons. The third-order valence-corrected chi connectivity index (χ3v) is 3.81. The van der Waals surface area contributed by atoms with Crippen LogP contribution in [0.25, 0.3) is 0 Å². The van der Waals surface area contributed by atoms with Gasteiger partial charge in [0.2, 0.25) is 5.91 Å². The first-order chi connectivity index (χ1) is 9.56. The summed E-state index contributed by atoms with van der Waals surface area (Å²) in [6.07, 6.45) is 2.35. The molecule has 0 aromatic heterocycles. The quantitative estimate of drug-likeness (QED) is 0.855. The summed E-state index contributed by atoms with van der Waals surface area (Å²) in [7, 11) is 2.00. The Kier molecular flexibility index (Phi) is 5.09. The molecule has 1 saturated heterocycles. The van der Waals surface area contributed by atoms with Gasteiger partial charge in [-0.05, 0) is 51.0 Å². The molecule has 1 fully saturated rings. The minimum absolute atomic E-state index is 0.215. The van der Waals surface area contributed by atoms with E-state index in [0.29, 0.717) is 18.0 Å². The summed E-state index contributed by atoms with van der Waals surface area (Å²) in [6.45, 7) is 3.66.